The molecule has 0 aliphatic rings. The molecule has 0 aliphatic carbocycles. The van der Waals surface area contributed by atoms with E-state index in [0.29, 0.717) is 0 Å². The van der Waals surface area contributed by atoms with Crippen LogP contribution in [0, 0.1) is 0 Å². The molecule has 0 bridgehead atoms. The van der Waals surface area contributed by atoms with E-state index in [-0.39, 0.29) is 0 Å². The van der Waals surface area contributed by atoms with Gasteiger partial charge in [0.25, 0.3) is 0 Å². The van der Waals surface area contributed by atoms with Crippen LogP contribution in [0.4, 0.5) is 0 Å². The smallest absolute Gasteiger partial charge is 0.0736 e. The average molecular weight is 213 g/mol. The second-order valence-corrected chi connectivity index (χ2v) is 4.06. The topological polar surface area (TPSA) is 24.9 Å². The van der Waals surface area contributed by atoms with Crippen LogP contribution in [0.1, 0.15) is 5.56 Å². The van der Waals surface area contributed by atoms with Crippen LogP contribution in [-0.4, -0.2) is 11.4 Å². The Morgan fingerprint density at radius 2 is 2.38 bits per heavy atom. The molecule has 1 N–H and O–H groups in total. The fourth-order valence-corrected chi connectivity index (χ4v) is 2.29. The molecule has 0 atom stereocenters. The van der Waals surface area contributed by atoms with E-state index in [0.717, 1.165) is 21.7 Å². The summed E-state index contributed by atoms with van der Waals surface area (Å²) in [5, 5.41) is 5.02. The SMILES string of the molecule is CNCc1cc(Cl)c2sncc2c1. The molecular formula is C9H9ClN2S. The number of nitrogens with zero attached hydrogens (tertiary/aromatic N) is 1. The predicted molar refractivity (Wildman–Crippen MR) is 57.4 cm³/mol. The van der Waals surface area contributed by atoms with Crippen LogP contribution in [0.3, 0.4) is 0 Å². The lowest BCUT2D eigenvalue weighted by Crippen LogP contribution is -2.04. The predicted octanol–water partition coefficient (Wildman–Crippen LogP) is 2.67. The third-order valence-electron chi connectivity index (χ3n) is 1.85. The second kappa shape index (κ2) is 3.62. The first-order valence-corrected chi connectivity index (χ1v) is 5.14. The molecule has 0 unspecified atom stereocenters. The molecule has 0 saturated heterocycles. The number of rotatable bonds is 2. The van der Waals surface area contributed by atoms with Gasteiger partial charge in [0.05, 0.1) is 9.72 Å². The fraction of sp³-hybridized carbons (Fsp3) is 0.222. The van der Waals surface area contributed by atoms with E-state index in [2.05, 4.69) is 15.8 Å². The quantitative estimate of drug-likeness (QED) is 0.828. The van der Waals surface area contributed by atoms with Crippen molar-refractivity contribution < 1.29 is 0 Å². The molecule has 0 spiro atoms. The normalized spacial score (nSPS) is 10.9. The monoisotopic (exact) mass is 212 g/mol. The Hall–Kier alpha value is -0.640. The van der Waals surface area contributed by atoms with Crippen molar-refractivity contribution in [3.05, 3.63) is 28.9 Å². The van der Waals surface area contributed by atoms with Gasteiger partial charge in [0.15, 0.2) is 0 Å². The summed E-state index contributed by atoms with van der Waals surface area (Å²) in [5.41, 5.74) is 1.19. The molecule has 1 aromatic carbocycles. The van der Waals surface area contributed by atoms with Gasteiger partial charge in [0, 0.05) is 18.1 Å². The van der Waals surface area contributed by atoms with Crippen molar-refractivity contribution in [3.8, 4) is 0 Å². The van der Waals surface area contributed by atoms with Crippen LogP contribution in [0.25, 0.3) is 10.1 Å². The summed E-state index contributed by atoms with van der Waals surface area (Å²) >= 11 is 7.52. The van der Waals surface area contributed by atoms with Gasteiger partial charge in [0.2, 0.25) is 0 Å². The zero-order valence-corrected chi connectivity index (χ0v) is 8.75. The first-order valence-electron chi connectivity index (χ1n) is 3.98. The zero-order valence-electron chi connectivity index (χ0n) is 7.17. The number of aromatic nitrogens is 1. The molecule has 13 heavy (non-hydrogen) atoms. The summed E-state index contributed by atoms with van der Waals surface area (Å²) in [6, 6.07) is 4.10. The van der Waals surface area contributed by atoms with E-state index < -0.39 is 0 Å². The van der Waals surface area contributed by atoms with E-state index in [1.165, 1.54) is 17.1 Å². The van der Waals surface area contributed by atoms with Crippen LogP contribution in [0.5, 0.6) is 0 Å². The highest BCUT2D eigenvalue weighted by Gasteiger charge is 2.03. The molecule has 2 rings (SSSR count). The summed E-state index contributed by atoms with van der Waals surface area (Å²) < 4.78 is 5.17. The molecule has 4 heteroatoms. The van der Waals surface area contributed by atoms with Gasteiger partial charge < -0.3 is 5.32 Å². The molecule has 0 saturated carbocycles. The Labute approximate surface area is 85.7 Å². The van der Waals surface area contributed by atoms with Crippen LogP contribution in [0.2, 0.25) is 5.02 Å². The van der Waals surface area contributed by atoms with E-state index in [1.807, 2.05) is 19.3 Å². The Morgan fingerprint density at radius 3 is 3.15 bits per heavy atom. The van der Waals surface area contributed by atoms with Gasteiger partial charge in [-0.1, -0.05) is 11.6 Å². The van der Waals surface area contributed by atoms with Gasteiger partial charge in [-0.3, -0.25) is 0 Å². The number of hydrogen-bond acceptors (Lipinski definition) is 3. The van der Waals surface area contributed by atoms with Gasteiger partial charge in [-0.05, 0) is 36.3 Å². The van der Waals surface area contributed by atoms with Crippen molar-refractivity contribution >= 4 is 33.2 Å². The van der Waals surface area contributed by atoms with E-state index in [9.17, 15) is 0 Å². The molecule has 0 radical (unpaired) electrons. The Morgan fingerprint density at radius 1 is 1.54 bits per heavy atom. The fourth-order valence-electron chi connectivity index (χ4n) is 1.31. The van der Waals surface area contributed by atoms with Crippen LogP contribution in [-0.2, 0) is 6.54 Å². The molecule has 0 fully saturated rings. The molecule has 2 aromatic rings. The maximum atomic E-state index is 6.08. The number of hydrogen-bond donors (Lipinski definition) is 1. The average Bonchev–Trinajstić information content (AvgIpc) is 2.53. The third-order valence-corrected chi connectivity index (χ3v) is 3.11. The molecule has 0 aliphatic heterocycles. The number of halogens is 1. The van der Waals surface area contributed by atoms with Crippen molar-refractivity contribution in [2.24, 2.45) is 0 Å². The van der Waals surface area contributed by atoms with Gasteiger partial charge in [-0.25, -0.2) is 0 Å². The second-order valence-electron chi connectivity index (χ2n) is 2.85. The van der Waals surface area contributed by atoms with E-state index >= 15 is 0 Å². The molecule has 68 valence electrons. The minimum atomic E-state index is 0.797. The van der Waals surface area contributed by atoms with Gasteiger partial charge >= 0.3 is 0 Å². The van der Waals surface area contributed by atoms with Crippen LogP contribution < -0.4 is 5.32 Å². The molecule has 1 heterocycles. The lowest BCUT2D eigenvalue weighted by Gasteiger charge is -2.00. The largest absolute Gasteiger partial charge is 0.316 e. The highest BCUT2D eigenvalue weighted by molar-refractivity contribution is 7.14. The van der Waals surface area contributed by atoms with Gasteiger partial charge in [-0.15, -0.1) is 0 Å². The Kier molecular flexibility index (Phi) is 2.49. The van der Waals surface area contributed by atoms with E-state index in [4.69, 9.17) is 11.6 Å². The van der Waals surface area contributed by atoms with Crippen LogP contribution in [0.15, 0.2) is 18.3 Å². The standard InChI is InChI=1S/C9H9ClN2S/c1-11-4-6-2-7-5-12-13-9(7)8(10)3-6/h2-3,5,11H,4H2,1H3. The first kappa shape index (κ1) is 8.94. The van der Waals surface area contributed by atoms with Crippen molar-refractivity contribution in [2.75, 3.05) is 7.05 Å². The lowest BCUT2D eigenvalue weighted by molar-refractivity contribution is 0.819. The molecular weight excluding hydrogens is 204 g/mol. The van der Waals surface area contributed by atoms with Crippen molar-refractivity contribution in [2.45, 2.75) is 6.54 Å². The lowest BCUT2D eigenvalue weighted by atomic mass is 10.2. The van der Waals surface area contributed by atoms with Crippen molar-refractivity contribution in [1.82, 2.24) is 9.69 Å². The highest BCUT2D eigenvalue weighted by Crippen LogP contribution is 2.28. The Bertz CT molecular complexity index is 424. The minimum absolute atomic E-state index is 0.797. The molecule has 0 amide bonds. The summed E-state index contributed by atoms with van der Waals surface area (Å²) in [7, 11) is 1.92. The zero-order chi connectivity index (χ0) is 9.26. The summed E-state index contributed by atoms with van der Waals surface area (Å²) in [6.07, 6.45) is 1.85. The van der Waals surface area contributed by atoms with E-state index in [1.54, 1.807) is 0 Å². The molecule has 2 nitrogen and oxygen atoms in total. The Balaban J connectivity index is 2.56. The minimum Gasteiger partial charge on any atom is -0.316 e. The van der Waals surface area contributed by atoms with Crippen LogP contribution >= 0.6 is 23.1 Å². The number of fused-ring (bicyclic) bond motifs is 1. The highest BCUT2D eigenvalue weighted by atomic mass is 35.5. The third kappa shape index (κ3) is 1.68. The van der Waals surface area contributed by atoms with Gasteiger partial charge in [-0.2, -0.15) is 4.37 Å². The summed E-state index contributed by atoms with van der Waals surface area (Å²) in [5.74, 6) is 0. The van der Waals surface area contributed by atoms with Gasteiger partial charge in [0.1, 0.15) is 0 Å². The maximum absolute atomic E-state index is 6.08. The number of nitrogens with one attached hydrogen (secondary N) is 1. The van der Waals surface area contributed by atoms with Crippen molar-refractivity contribution in [3.63, 3.8) is 0 Å². The first-order chi connectivity index (χ1) is 6.31. The molecule has 1 aromatic heterocycles. The summed E-state index contributed by atoms with van der Waals surface area (Å²) in [6.45, 7) is 0.839. The number of benzene rings is 1. The summed E-state index contributed by atoms with van der Waals surface area (Å²) in [4.78, 5) is 0. The maximum Gasteiger partial charge on any atom is 0.0736 e. The van der Waals surface area contributed by atoms with Crippen molar-refractivity contribution in [1.29, 1.82) is 0 Å².